The van der Waals surface area contributed by atoms with Crippen LogP contribution in [0.15, 0.2) is 42.2 Å². The summed E-state index contributed by atoms with van der Waals surface area (Å²) in [7, 11) is 1.58. The molecule has 0 radical (unpaired) electrons. The third kappa shape index (κ3) is 2.38. The Labute approximate surface area is 107 Å². The second-order valence-electron chi connectivity index (χ2n) is 3.66. The summed E-state index contributed by atoms with van der Waals surface area (Å²) in [6.07, 6.45) is 2.18. The summed E-state index contributed by atoms with van der Waals surface area (Å²) in [5, 5.41) is 0. The molecule has 0 saturated heterocycles. The first-order chi connectivity index (χ1) is 8.20. The van der Waals surface area contributed by atoms with Crippen molar-refractivity contribution in [1.82, 2.24) is 0 Å². The first-order valence-electron chi connectivity index (χ1n) is 5.43. The van der Waals surface area contributed by atoms with Gasteiger partial charge in [-0.1, -0.05) is 0 Å². The number of cyclic esters (lactones) is 1. The van der Waals surface area contributed by atoms with E-state index in [0.29, 0.717) is 5.76 Å². The van der Waals surface area contributed by atoms with Crippen LogP contribution in [-0.4, -0.2) is 32.5 Å². The Kier molecular flexibility index (Phi) is 3.55. The van der Waals surface area contributed by atoms with Gasteiger partial charge in [-0.05, 0) is 0 Å². The molecule has 90 valence electrons. The summed E-state index contributed by atoms with van der Waals surface area (Å²) < 4.78 is 11.4. The van der Waals surface area contributed by atoms with Crippen molar-refractivity contribution >= 4 is 25.4 Å². The number of carbonyl (C=O) groups is 1. The van der Waals surface area contributed by atoms with Crippen molar-refractivity contribution in [3.05, 3.63) is 42.2 Å². The van der Waals surface area contributed by atoms with E-state index in [1.165, 1.54) is 10.5 Å². The molecular formula is C13H14O3Se. The molecule has 4 heteroatoms. The summed E-state index contributed by atoms with van der Waals surface area (Å²) in [5.74, 6) is 0.343. The molecule has 1 aromatic carbocycles. The van der Waals surface area contributed by atoms with Gasteiger partial charge in [0.1, 0.15) is 0 Å². The Balaban J connectivity index is 2.27. The van der Waals surface area contributed by atoms with E-state index in [2.05, 4.69) is 12.1 Å². The van der Waals surface area contributed by atoms with E-state index < -0.39 is 4.50 Å². The second kappa shape index (κ2) is 4.94. The van der Waals surface area contributed by atoms with E-state index in [1.54, 1.807) is 7.11 Å². The number of hydrogen-bond donors (Lipinski definition) is 0. The Bertz CT molecular complexity index is 441. The molecular weight excluding hydrogens is 283 g/mol. The number of benzene rings is 1. The summed E-state index contributed by atoms with van der Waals surface area (Å²) in [5.41, 5.74) is 0. The van der Waals surface area contributed by atoms with Gasteiger partial charge in [-0.25, -0.2) is 0 Å². The molecule has 1 atom stereocenters. The van der Waals surface area contributed by atoms with Crippen LogP contribution < -0.4 is 4.46 Å². The third-order valence-corrected chi connectivity index (χ3v) is 5.56. The normalized spacial score (nSPS) is 23.2. The molecule has 0 amide bonds. The first-order valence-corrected chi connectivity index (χ1v) is 7.14. The van der Waals surface area contributed by atoms with Crippen LogP contribution in [-0.2, 0) is 14.3 Å². The Morgan fingerprint density at radius 3 is 2.65 bits per heavy atom. The summed E-state index contributed by atoms with van der Waals surface area (Å²) in [6, 6.07) is 10.1. The standard InChI is InChI=1S/C13H14O3Se/c1-3-13(11(15-2)9-12(14)16-13)17-10-7-5-4-6-8-10/h4-9H,3H2,1-2H3. The molecule has 0 aromatic heterocycles. The summed E-state index contributed by atoms with van der Waals surface area (Å²) >= 11 is 0.0109. The van der Waals surface area contributed by atoms with Crippen LogP contribution in [0.3, 0.4) is 0 Å². The Morgan fingerprint density at radius 2 is 2.06 bits per heavy atom. The van der Waals surface area contributed by atoms with Gasteiger partial charge in [-0.3, -0.25) is 0 Å². The topological polar surface area (TPSA) is 35.5 Å². The SMILES string of the molecule is CCC1([Se]c2ccccc2)OC(=O)C=C1OC. The van der Waals surface area contributed by atoms with Gasteiger partial charge in [0, 0.05) is 0 Å². The molecule has 1 aromatic rings. The summed E-state index contributed by atoms with van der Waals surface area (Å²) in [6.45, 7) is 2.01. The van der Waals surface area contributed by atoms with Crippen molar-refractivity contribution in [2.75, 3.05) is 7.11 Å². The van der Waals surface area contributed by atoms with E-state index in [0.717, 1.165) is 6.42 Å². The molecule has 1 aliphatic heterocycles. The van der Waals surface area contributed by atoms with Gasteiger partial charge in [0.25, 0.3) is 0 Å². The fourth-order valence-electron chi connectivity index (χ4n) is 1.74. The number of rotatable bonds is 4. The van der Waals surface area contributed by atoms with Crippen molar-refractivity contribution in [2.24, 2.45) is 0 Å². The van der Waals surface area contributed by atoms with Crippen LogP contribution in [0.5, 0.6) is 0 Å². The average molecular weight is 297 g/mol. The van der Waals surface area contributed by atoms with Crippen molar-refractivity contribution in [3.63, 3.8) is 0 Å². The number of esters is 1. The number of hydrogen-bond acceptors (Lipinski definition) is 3. The van der Waals surface area contributed by atoms with E-state index in [1.807, 2.05) is 25.1 Å². The Morgan fingerprint density at radius 1 is 1.35 bits per heavy atom. The number of methoxy groups -OCH3 is 1. The molecule has 0 spiro atoms. The van der Waals surface area contributed by atoms with Gasteiger partial charge < -0.3 is 0 Å². The molecule has 0 N–H and O–H groups in total. The minimum absolute atomic E-state index is 0.0109. The van der Waals surface area contributed by atoms with Crippen LogP contribution in [0.4, 0.5) is 0 Å². The molecule has 0 bridgehead atoms. The van der Waals surface area contributed by atoms with Crippen molar-refractivity contribution in [2.45, 2.75) is 17.8 Å². The molecule has 0 saturated carbocycles. The second-order valence-corrected chi connectivity index (χ2v) is 6.46. The predicted octanol–water partition coefficient (Wildman–Crippen LogP) is 1.21. The number of carbonyl (C=O) groups excluding carboxylic acids is 1. The van der Waals surface area contributed by atoms with Gasteiger partial charge in [0.2, 0.25) is 0 Å². The molecule has 2 rings (SSSR count). The van der Waals surface area contributed by atoms with Gasteiger partial charge in [0.15, 0.2) is 0 Å². The predicted molar refractivity (Wildman–Crippen MR) is 66.0 cm³/mol. The zero-order valence-corrected chi connectivity index (χ0v) is 11.5. The molecule has 1 unspecified atom stereocenters. The first kappa shape index (κ1) is 12.2. The Hall–Kier alpha value is -1.25. The third-order valence-electron chi connectivity index (χ3n) is 2.60. The fraction of sp³-hybridized carbons (Fsp3) is 0.308. The van der Waals surface area contributed by atoms with Crippen LogP contribution in [0.25, 0.3) is 0 Å². The van der Waals surface area contributed by atoms with E-state index >= 15 is 0 Å². The molecule has 0 fully saturated rings. The van der Waals surface area contributed by atoms with E-state index in [4.69, 9.17) is 9.47 Å². The van der Waals surface area contributed by atoms with Crippen LogP contribution in [0, 0.1) is 0 Å². The quantitative estimate of drug-likeness (QED) is 0.619. The van der Waals surface area contributed by atoms with Crippen LogP contribution >= 0.6 is 0 Å². The maximum atomic E-state index is 11.4. The van der Waals surface area contributed by atoms with Crippen LogP contribution in [0.2, 0.25) is 0 Å². The van der Waals surface area contributed by atoms with Crippen molar-refractivity contribution in [3.8, 4) is 0 Å². The zero-order chi connectivity index (χ0) is 12.3. The number of ether oxygens (including phenoxy) is 2. The monoisotopic (exact) mass is 298 g/mol. The fourth-order valence-corrected chi connectivity index (χ4v) is 4.23. The molecule has 1 heterocycles. The van der Waals surface area contributed by atoms with Crippen molar-refractivity contribution < 1.29 is 14.3 Å². The molecule has 3 nitrogen and oxygen atoms in total. The molecule has 1 aliphatic rings. The van der Waals surface area contributed by atoms with E-state index in [-0.39, 0.29) is 20.9 Å². The zero-order valence-electron chi connectivity index (χ0n) is 9.80. The van der Waals surface area contributed by atoms with Crippen LogP contribution in [0.1, 0.15) is 13.3 Å². The molecule has 0 aliphatic carbocycles. The average Bonchev–Trinajstić information content (AvgIpc) is 2.67. The minimum atomic E-state index is -0.569. The van der Waals surface area contributed by atoms with Gasteiger partial charge >= 0.3 is 107 Å². The van der Waals surface area contributed by atoms with Gasteiger partial charge in [0.05, 0.1) is 0 Å². The van der Waals surface area contributed by atoms with Crippen molar-refractivity contribution in [1.29, 1.82) is 0 Å². The molecule has 17 heavy (non-hydrogen) atoms. The summed E-state index contributed by atoms with van der Waals surface area (Å²) in [4.78, 5) is 11.4. The van der Waals surface area contributed by atoms with Gasteiger partial charge in [-0.15, -0.1) is 0 Å². The van der Waals surface area contributed by atoms with Gasteiger partial charge in [-0.2, -0.15) is 0 Å². The van der Waals surface area contributed by atoms with E-state index in [9.17, 15) is 4.79 Å². The maximum absolute atomic E-state index is 11.4.